The molecule has 2 unspecified atom stereocenters. The van der Waals surface area contributed by atoms with E-state index in [2.05, 4.69) is 6.58 Å². The van der Waals surface area contributed by atoms with Crippen LogP contribution in [0.25, 0.3) is 0 Å². The smallest absolute Gasteiger partial charge is 0.308 e. The van der Waals surface area contributed by atoms with Gasteiger partial charge in [-0.15, -0.1) is 0 Å². The fourth-order valence-electron chi connectivity index (χ4n) is 1.18. The first-order valence-electron chi connectivity index (χ1n) is 4.40. The van der Waals surface area contributed by atoms with Gasteiger partial charge in [0, 0.05) is 0 Å². The lowest BCUT2D eigenvalue weighted by molar-refractivity contribution is -0.152. The Labute approximate surface area is 91.6 Å². The molecule has 6 heteroatoms. The standard InChI is InChI=1S/C10H12O6/c1-5(2)9(14)7(4-11)6(10(15)16)3-8(12)13/h4,6-7H,1,3H2,2H3,(H,12,13)(H,15,16). The van der Waals surface area contributed by atoms with Gasteiger partial charge in [0.1, 0.15) is 6.29 Å². The van der Waals surface area contributed by atoms with Crippen LogP contribution in [-0.4, -0.2) is 34.2 Å². The van der Waals surface area contributed by atoms with Crippen LogP contribution in [0, 0.1) is 11.8 Å². The number of hydrogen-bond donors (Lipinski definition) is 2. The van der Waals surface area contributed by atoms with Crippen LogP contribution < -0.4 is 0 Å². The normalized spacial score (nSPS) is 13.6. The number of ketones is 1. The van der Waals surface area contributed by atoms with E-state index >= 15 is 0 Å². The van der Waals surface area contributed by atoms with Crippen LogP contribution in [-0.2, 0) is 19.2 Å². The van der Waals surface area contributed by atoms with E-state index in [9.17, 15) is 19.2 Å². The number of aldehydes is 1. The molecule has 0 saturated carbocycles. The third kappa shape index (κ3) is 3.64. The number of carbonyl (C=O) groups is 4. The number of rotatable bonds is 7. The topological polar surface area (TPSA) is 109 Å². The quantitative estimate of drug-likeness (QED) is 0.364. The predicted molar refractivity (Wildman–Crippen MR) is 52.8 cm³/mol. The average Bonchev–Trinajstić information content (AvgIpc) is 2.16. The van der Waals surface area contributed by atoms with E-state index < -0.39 is 36.0 Å². The van der Waals surface area contributed by atoms with Crippen LogP contribution in [0.1, 0.15) is 13.3 Å². The maximum absolute atomic E-state index is 11.4. The van der Waals surface area contributed by atoms with Crippen LogP contribution in [0.3, 0.4) is 0 Å². The molecule has 0 heterocycles. The Morgan fingerprint density at radius 3 is 2.06 bits per heavy atom. The Balaban J connectivity index is 5.06. The highest BCUT2D eigenvalue weighted by molar-refractivity contribution is 6.06. The highest BCUT2D eigenvalue weighted by atomic mass is 16.4. The Bertz CT molecular complexity index is 343. The molecule has 6 nitrogen and oxygen atoms in total. The van der Waals surface area contributed by atoms with Crippen LogP contribution in [0.15, 0.2) is 12.2 Å². The molecule has 16 heavy (non-hydrogen) atoms. The lowest BCUT2D eigenvalue weighted by Gasteiger charge is -2.15. The minimum absolute atomic E-state index is 0.0220. The van der Waals surface area contributed by atoms with Gasteiger partial charge in [-0.3, -0.25) is 14.4 Å². The summed E-state index contributed by atoms with van der Waals surface area (Å²) in [5, 5.41) is 17.2. The molecule has 2 atom stereocenters. The summed E-state index contributed by atoms with van der Waals surface area (Å²) in [6.45, 7) is 4.63. The van der Waals surface area contributed by atoms with Gasteiger partial charge in [-0.05, 0) is 12.5 Å². The molecule has 0 amide bonds. The SMILES string of the molecule is C=C(C)C(=O)C(C=O)C(CC(=O)O)C(=O)O. The number of carbonyl (C=O) groups excluding carboxylic acids is 2. The first-order chi connectivity index (χ1) is 7.31. The van der Waals surface area contributed by atoms with E-state index in [1.807, 2.05) is 0 Å². The van der Waals surface area contributed by atoms with Gasteiger partial charge in [-0.25, -0.2) is 0 Å². The van der Waals surface area contributed by atoms with Gasteiger partial charge in [0.15, 0.2) is 5.78 Å². The molecule has 0 aromatic carbocycles. The number of aliphatic carboxylic acids is 2. The Morgan fingerprint density at radius 2 is 1.81 bits per heavy atom. The monoisotopic (exact) mass is 228 g/mol. The third-order valence-electron chi connectivity index (χ3n) is 2.02. The number of Topliss-reactive ketones (excluding diaryl/α,β-unsaturated/α-hetero) is 1. The average molecular weight is 228 g/mol. The molecule has 0 aliphatic heterocycles. The predicted octanol–water partition coefficient (Wildman–Crippen LogP) is 0.122. The van der Waals surface area contributed by atoms with Crippen LogP contribution in [0.4, 0.5) is 0 Å². The highest BCUT2D eigenvalue weighted by Gasteiger charge is 2.35. The van der Waals surface area contributed by atoms with Crippen LogP contribution >= 0.6 is 0 Å². The van der Waals surface area contributed by atoms with Crippen molar-refractivity contribution >= 4 is 24.0 Å². The van der Waals surface area contributed by atoms with Crippen molar-refractivity contribution in [2.45, 2.75) is 13.3 Å². The third-order valence-corrected chi connectivity index (χ3v) is 2.02. The lowest BCUT2D eigenvalue weighted by Crippen LogP contribution is -2.33. The summed E-state index contributed by atoms with van der Waals surface area (Å²) in [5.74, 6) is -6.67. The zero-order valence-electron chi connectivity index (χ0n) is 8.67. The summed E-state index contributed by atoms with van der Waals surface area (Å²) >= 11 is 0. The number of carboxylic acid groups (broad SMARTS) is 2. The first kappa shape index (κ1) is 14.0. The van der Waals surface area contributed by atoms with Gasteiger partial charge in [-0.1, -0.05) is 6.58 Å². The van der Waals surface area contributed by atoms with Gasteiger partial charge in [0.2, 0.25) is 0 Å². The Kier molecular flexibility index (Phi) is 5.08. The molecular weight excluding hydrogens is 216 g/mol. The van der Waals surface area contributed by atoms with Gasteiger partial charge in [0.25, 0.3) is 0 Å². The molecule has 0 aromatic heterocycles. The van der Waals surface area contributed by atoms with Gasteiger partial charge < -0.3 is 15.0 Å². The second kappa shape index (κ2) is 5.79. The van der Waals surface area contributed by atoms with Gasteiger partial charge in [0.05, 0.1) is 18.3 Å². The van der Waals surface area contributed by atoms with Crippen molar-refractivity contribution in [2.75, 3.05) is 0 Å². The van der Waals surface area contributed by atoms with Crippen molar-refractivity contribution in [3.8, 4) is 0 Å². The summed E-state index contributed by atoms with van der Waals surface area (Å²) in [5.41, 5.74) is 0.0220. The van der Waals surface area contributed by atoms with Gasteiger partial charge >= 0.3 is 11.9 Å². The van der Waals surface area contributed by atoms with Crippen molar-refractivity contribution in [3.05, 3.63) is 12.2 Å². The Morgan fingerprint density at radius 1 is 1.31 bits per heavy atom. The maximum Gasteiger partial charge on any atom is 0.308 e. The molecule has 2 N–H and O–H groups in total. The molecule has 0 saturated heterocycles. The number of hydrogen-bond acceptors (Lipinski definition) is 4. The molecule has 0 spiro atoms. The molecule has 0 aromatic rings. The van der Waals surface area contributed by atoms with Crippen molar-refractivity contribution < 1.29 is 29.4 Å². The molecule has 0 bridgehead atoms. The molecule has 0 radical (unpaired) electrons. The van der Waals surface area contributed by atoms with E-state index in [0.717, 1.165) is 0 Å². The van der Waals surface area contributed by atoms with E-state index in [1.54, 1.807) is 0 Å². The molecule has 0 aliphatic carbocycles. The van der Waals surface area contributed by atoms with Crippen molar-refractivity contribution in [1.82, 2.24) is 0 Å². The van der Waals surface area contributed by atoms with E-state index in [1.165, 1.54) is 6.92 Å². The number of allylic oxidation sites excluding steroid dienone is 1. The summed E-state index contributed by atoms with van der Waals surface area (Å²) in [6.07, 6.45) is -0.628. The van der Waals surface area contributed by atoms with Crippen LogP contribution in [0.5, 0.6) is 0 Å². The summed E-state index contributed by atoms with van der Waals surface area (Å²) < 4.78 is 0. The molecular formula is C10H12O6. The van der Waals surface area contributed by atoms with Crippen molar-refractivity contribution in [1.29, 1.82) is 0 Å². The van der Waals surface area contributed by atoms with E-state index in [-0.39, 0.29) is 11.9 Å². The van der Waals surface area contributed by atoms with Crippen LogP contribution in [0.2, 0.25) is 0 Å². The molecule has 0 aliphatic rings. The Hall–Kier alpha value is -1.98. The van der Waals surface area contributed by atoms with E-state index in [4.69, 9.17) is 10.2 Å². The largest absolute Gasteiger partial charge is 0.481 e. The highest BCUT2D eigenvalue weighted by Crippen LogP contribution is 2.18. The lowest BCUT2D eigenvalue weighted by atomic mass is 9.85. The van der Waals surface area contributed by atoms with Crippen molar-refractivity contribution in [3.63, 3.8) is 0 Å². The first-order valence-corrected chi connectivity index (χ1v) is 4.40. The zero-order valence-corrected chi connectivity index (χ0v) is 8.67. The number of carboxylic acids is 2. The summed E-state index contributed by atoms with van der Waals surface area (Å²) in [4.78, 5) is 43.2. The van der Waals surface area contributed by atoms with Crippen molar-refractivity contribution in [2.24, 2.45) is 11.8 Å². The fraction of sp³-hybridized carbons (Fsp3) is 0.400. The summed E-state index contributed by atoms with van der Waals surface area (Å²) in [6, 6.07) is 0. The minimum atomic E-state index is -1.56. The molecule has 88 valence electrons. The molecule has 0 rings (SSSR count). The fourth-order valence-corrected chi connectivity index (χ4v) is 1.18. The zero-order chi connectivity index (χ0) is 12.9. The maximum atomic E-state index is 11.4. The second-order valence-electron chi connectivity index (χ2n) is 3.35. The summed E-state index contributed by atoms with van der Waals surface area (Å²) in [7, 11) is 0. The molecule has 0 fully saturated rings. The minimum Gasteiger partial charge on any atom is -0.481 e. The second-order valence-corrected chi connectivity index (χ2v) is 3.35. The van der Waals surface area contributed by atoms with E-state index in [0.29, 0.717) is 0 Å². The van der Waals surface area contributed by atoms with Gasteiger partial charge in [-0.2, -0.15) is 0 Å².